The number of urea groups is 1. The van der Waals surface area contributed by atoms with Gasteiger partial charge in [0.25, 0.3) is 5.69 Å². The molecule has 2 aromatic rings. The van der Waals surface area contributed by atoms with Crippen molar-refractivity contribution < 1.29 is 14.8 Å². The van der Waals surface area contributed by atoms with E-state index in [0.29, 0.717) is 18.7 Å². The van der Waals surface area contributed by atoms with Crippen LogP contribution in [0.1, 0.15) is 23.5 Å². The lowest BCUT2D eigenvalue weighted by atomic mass is 9.96. The summed E-state index contributed by atoms with van der Waals surface area (Å²) >= 11 is 0. The first-order valence-electron chi connectivity index (χ1n) is 7.97. The number of hydrogen-bond acceptors (Lipinski definition) is 4. The Hall–Kier alpha value is -2.93. The molecule has 1 atom stereocenters. The summed E-state index contributed by atoms with van der Waals surface area (Å²) < 4.78 is 0. The van der Waals surface area contributed by atoms with Gasteiger partial charge in [-0.1, -0.05) is 36.4 Å². The van der Waals surface area contributed by atoms with E-state index in [1.54, 1.807) is 13.0 Å². The van der Waals surface area contributed by atoms with Gasteiger partial charge in [0.2, 0.25) is 0 Å². The van der Waals surface area contributed by atoms with Gasteiger partial charge < -0.3 is 15.7 Å². The molecule has 7 heteroatoms. The number of nitrogens with one attached hydrogen (secondary N) is 2. The van der Waals surface area contributed by atoms with Crippen LogP contribution in [0, 0.1) is 17.0 Å². The third-order valence-corrected chi connectivity index (χ3v) is 3.94. The van der Waals surface area contributed by atoms with E-state index >= 15 is 0 Å². The van der Waals surface area contributed by atoms with E-state index in [9.17, 15) is 20.0 Å². The summed E-state index contributed by atoms with van der Waals surface area (Å²) in [4.78, 5) is 22.5. The topological polar surface area (TPSA) is 105 Å². The highest BCUT2D eigenvalue weighted by atomic mass is 16.6. The molecule has 0 aliphatic heterocycles. The molecule has 7 nitrogen and oxygen atoms in total. The Kier molecular flexibility index (Phi) is 6.47. The van der Waals surface area contributed by atoms with Crippen LogP contribution in [0.2, 0.25) is 0 Å². The molecule has 0 saturated heterocycles. The zero-order chi connectivity index (χ0) is 18.2. The summed E-state index contributed by atoms with van der Waals surface area (Å²) in [5.41, 5.74) is 2.08. The van der Waals surface area contributed by atoms with Gasteiger partial charge in [0.15, 0.2) is 0 Å². The van der Waals surface area contributed by atoms with Crippen LogP contribution < -0.4 is 10.6 Å². The lowest BCUT2D eigenvalue weighted by molar-refractivity contribution is -0.384. The summed E-state index contributed by atoms with van der Waals surface area (Å²) in [5, 5.41) is 25.5. The van der Waals surface area contributed by atoms with Crippen molar-refractivity contribution in [2.24, 2.45) is 0 Å². The second-order valence-corrected chi connectivity index (χ2v) is 5.71. The maximum atomic E-state index is 12.1. The molecular weight excluding hydrogens is 322 g/mol. The molecule has 0 aromatic heterocycles. The number of nitro benzene ring substituents is 1. The van der Waals surface area contributed by atoms with Gasteiger partial charge in [-0.3, -0.25) is 10.1 Å². The first-order chi connectivity index (χ1) is 12.0. The number of rotatable bonds is 7. The van der Waals surface area contributed by atoms with E-state index in [4.69, 9.17) is 0 Å². The number of aryl methyl sites for hydroxylation is 1. The number of nitrogens with zero attached hydrogens (tertiary/aromatic N) is 1. The van der Waals surface area contributed by atoms with Crippen LogP contribution in [0.3, 0.4) is 0 Å². The third kappa shape index (κ3) is 5.29. The molecule has 0 radical (unpaired) electrons. The molecule has 0 saturated carbocycles. The van der Waals surface area contributed by atoms with Gasteiger partial charge in [-0.25, -0.2) is 4.79 Å². The maximum absolute atomic E-state index is 12.1. The number of hydrogen-bond donors (Lipinski definition) is 3. The second-order valence-electron chi connectivity index (χ2n) is 5.71. The van der Waals surface area contributed by atoms with Crippen LogP contribution in [-0.2, 0) is 0 Å². The van der Waals surface area contributed by atoms with Gasteiger partial charge in [0.05, 0.1) is 10.6 Å². The van der Waals surface area contributed by atoms with E-state index in [2.05, 4.69) is 10.6 Å². The first-order valence-corrected chi connectivity index (χ1v) is 7.97. The van der Waals surface area contributed by atoms with Crippen LogP contribution in [-0.4, -0.2) is 29.2 Å². The smallest absolute Gasteiger partial charge is 0.319 e. The molecule has 25 heavy (non-hydrogen) atoms. The monoisotopic (exact) mass is 343 g/mol. The van der Waals surface area contributed by atoms with Crippen LogP contribution in [0.4, 0.5) is 16.2 Å². The zero-order valence-electron chi connectivity index (χ0n) is 13.9. The van der Waals surface area contributed by atoms with Crippen molar-refractivity contribution in [2.45, 2.75) is 19.3 Å². The fraction of sp³-hybridized carbons (Fsp3) is 0.278. The molecule has 1 unspecified atom stereocenters. The minimum atomic E-state index is -0.505. The summed E-state index contributed by atoms with van der Waals surface area (Å²) in [6, 6.07) is 13.5. The van der Waals surface area contributed by atoms with Crippen molar-refractivity contribution in [1.82, 2.24) is 5.32 Å². The normalized spacial score (nSPS) is 11.6. The SMILES string of the molecule is Cc1ccc([N+](=O)[O-])cc1NC(=O)NCC(CCO)c1ccccc1. The number of aliphatic hydroxyl groups is 1. The predicted octanol–water partition coefficient (Wildman–Crippen LogP) is 3.19. The zero-order valence-corrected chi connectivity index (χ0v) is 13.9. The van der Waals surface area contributed by atoms with Crippen LogP contribution in [0.15, 0.2) is 48.5 Å². The second kappa shape index (κ2) is 8.79. The molecule has 0 bridgehead atoms. The Morgan fingerprint density at radius 3 is 2.60 bits per heavy atom. The summed E-state index contributed by atoms with van der Waals surface area (Å²) in [7, 11) is 0. The van der Waals surface area contributed by atoms with E-state index in [0.717, 1.165) is 11.1 Å². The number of amides is 2. The van der Waals surface area contributed by atoms with Crippen molar-refractivity contribution in [3.8, 4) is 0 Å². The molecule has 2 amide bonds. The lowest BCUT2D eigenvalue weighted by Crippen LogP contribution is -2.33. The molecule has 0 fully saturated rings. The van der Waals surface area contributed by atoms with Gasteiger partial charge in [0.1, 0.15) is 0 Å². The van der Waals surface area contributed by atoms with Crippen molar-refractivity contribution in [3.63, 3.8) is 0 Å². The molecule has 0 spiro atoms. The standard InChI is InChI=1S/C18H21N3O4/c1-13-7-8-16(21(24)25)11-17(13)20-18(23)19-12-15(9-10-22)14-5-3-2-4-6-14/h2-8,11,15,22H,9-10,12H2,1H3,(H2,19,20,23). The highest BCUT2D eigenvalue weighted by Gasteiger charge is 2.14. The molecule has 0 aliphatic carbocycles. The molecule has 132 valence electrons. The van der Waals surface area contributed by atoms with Gasteiger partial charge in [-0.15, -0.1) is 0 Å². The number of anilines is 1. The third-order valence-electron chi connectivity index (χ3n) is 3.94. The summed E-state index contributed by atoms with van der Waals surface area (Å²) in [6.07, 6.45) is 0.528. The highest BCUT2D eigenvalue weighted by Crippen LogP contribution is 2.22. The largest absolute Gasteiger partial charge is 0.396 e. The highest BCUT2D eigenvalue weighted by molar-refractivity contribution is 5.90. The van der Waals surface area contributed by atoms with Crippen molar-refractivity contribution in [3.05, 3.63) is 69.8 Å². The molecule has 0 aliphatic rings. The Morgan fingerprint density at radius 2 is 1.96 bits per heavy atom. The molecule has 2 rings (SSSR count). The Bertz CT molecular complexity index is 734. The van der Waals surface area contributed by atoms with E-state index in [1.165, 1.54) is 12.1 Å². The van der Waals surface area contributed by atoms with E-state index in [1.807, 2.05) is 30.3 Å². The Labute approximate surface area is 145 Å². The van der Waals surface area contributed by atoms with Crippen molar-refractivity contribution >= 4 is 17.4 Å². The number of nitro groups is 1. The van der Waals surface area contributed by atoms with Gasteiger partial charge in [0, 0.05) is 31.2 Å². The fourth-order valence-corrected chi connectivity index (χ4v) is 2.51. The van der Waals surface area contributed by atoms with Gasteiger partial charge in [-0.2, -0.15) is 0 Å². The summed E-state index contributed by atoms with van der Waals surface area (Å²) in [6.45, 7) is 2.13. The quantitative estimate of drug-likeness (QED) is 0.530. The number of benzene rings is 2. The van der Waals surface area contributed by atoms with Crippen LogP contribution in [0.25, 0.3) is 0 Å². The van der Waals surface area contributed by atoms with Crippen molar-refractivity contribution in [2.75, 3.05) is 18.5 Å². The lowest BCUT2D eigenvalue weighted by Gasteiger charge is -2.17. The number of carbonyl (C=O) groups is 1. The van der Waals surface area contributed by atoms with Crippen LogP contribution >= 0.6 is 0 Å². The molecular formula is C18H21N3O4. The van der Waals surface area contributed by atoms with Crippen molar-refractivity contribution in [1.29, 1.82) is 0 Å². The Balaban J connectivity index is 2.00. The molecule has 0 heterocycles. The van der Waals surface area contributed by atoms with Gasteiger partial charge in [-0.05, 0) is 24.5 Å². The number of non-ortho nitro benzene ring substituents is 1. The average Bonchev–Trinajstić information content (AvgIpc) is 2.61. The predicted molar refractivity (Wildman–Crippen MR) is 95.7 cm³/mol. The minimum Gasteiger partial charge on any atom is -0.396 e. The summed E-state index contributed by atoms with van der Waals surface area (Å²) in [5.74, 6) is -0.0110. The number of carbonyl (C=O) groups excluding carboxylic acids is 1. The Morgan fingerprint density at radius 1 is 1.24 bits per heavy atom. The minimum absolute atomic E-state index is 0.0110. The molecule has 3 N–H and O–H groups in total. The van der Waals surface area contributed by atoms with Crippen LogP contribution in [0.5, 0.6) is 0 Å². The fourth-order valence-electron chi connectivity index (χ4n) is 2.51. The average molecular weight is 343 g/mol. The first kappa shape index (κ1) is 18.4. The van der Waals surface area contributed by atoms with Gasteiger partial charge >= 0.3 is 6.03 Å². The molecule has 2 aromatic carbocycles. The van der Waals surface area contributed by atoms with E-state index < -0.39 is 11.0 Å². The maximum Gasteiger partial charge on any atom is 0.319 e. The van der Waals surface area contributed by atoms with E-state index in [-0.39, 0.29) is 18.2 Å². The number of aliphatic hydroxyl groups excluding tert-OH is 1.